The highest BCUT2D eigenvalue weighted by atomic mass is 19.4. The summed E-state index contributed by atoms with van der Waals surface area (Å²) in [6.07, 6.45) is 3.32. The average Bonchev–Trinajstić information content (AvgIpc) is 2.96. The maximum absolute atomic E-state index is 14.0. The van der Waals surface area contributed by atoms with Crippen LogP contribution in [0, 0.1) is 11.8 Å². The third kappa shape index (κ3) is 7.25. The molecule has 1 heterocycles. The summed E-state index contributed by atoms with van der Waals surface area (Å²) >= 11 is 0. The van der Waals surface area contributed by atoms with Crippen LogP contribution in [0.3, 0.4) is 0 Å². The van der Waals surface area contributed by atoms with Crippen molar-refractivity contribution in [1.29, 1.82) is 0 Å². The van der Waals surface area contributed by atoms with Crippen LogP contribution in [0.1, 0.15) is 75.0 Å². The lowest BCUT2D eigenvalue weighted by Crippen LogP contribution is -2.49. The zero-order valence-corrected chi connectivity index (χ0v) is 23.3. The van der Waals surface area contributed by atoms with E-state index in [0.29, 0.717) is 62.8 Å². The predicted molar refractivity (Wildman–Crippen MR) is 151 cm³/mol. The molecule has 1 aliphatic carbocycles. The van der Waals surface area contributed by atoms with E-state index < -0.39 is 28.7 Å². The molecule has 1 saturated heterocycles. The number of benzene rings is 1. The molecule has 10 heteroatoms. The van der Waals surface area contributed by atoms with Gasteiger partial charge in [-0.2, -0.15) is 13.2 Å². The zero-order valence-electron chi connectivity index (χ0n) is 23.3. The quantitative estimate of drug-likeness (QED) is 0.260. The lowest BCUT2D eigenvalue weighted by atomic mass is 9.84. The Morgan fingerprint density at radius 3 is 2.50 bits per heavy atom. The fraction of sp³-hybridized carbons (Fsp3) is 0.667. The van der Waals surface area contributed by atoms with Crippen LogP contribution in [0.15, 0.2) is 33.9 Å². The van der Waals surface area contributed by atoms with E-state index in [0.717, 1.165) is 25.3 Å². The molecule has 4 rings (SSSR count). The second kappa shape index (κ2) is 14.0. The van der Waals surface area contributed by atoms with Gasteiger partial charge in [0.05, 0.1) is 11.7 Å². The molecule has 2 aromatic carbocycles. The maximum atomic E-state index is 14.0. The molecule has 0 spiro atoms. The Morgan fingerprint density at radius 1 is 1.05 bits per heavy atom. The third-order valence-corrected chi connectivity index (χ3v) is 8.43. The summed E-state index contributed by atoms with van der Waals surface area (Å²) in [4.78, 5) is 27.3. The summed E-state index contributed by atoms with van der Waals surface area (Å²) in [6, 6.07) is 5.42. The van der Waals surface area contributed by atoms with E-state index in [1.54, 1.807) is 13.2 Å². The number of anilines is 2. The number of hydrogen-bond acceptors (Lipinski definition) is 7. The van der Waals surface area contributed by atoms with Crippen LogP contribution >= 0.6 is 0 Å². The van der Waals surface area contributed by atoms with Gasteiger partial charge in [0, 0.05) is 51.9 Å². The number of piperidine rings is 1. The molecule has 2 aliphatic rings. The zero-order chi connectivity index (χ0) is 28.7. The van der Waals surface area contributed by atoms with Gasteiger partial charge in [-0.3, -0.25) is 9.59 Å². The van der Waals surface area contributed by atoms with Crippen molar-refractivity contribution in [2.75, 3.05) is 50.2 Å². The normalized spacial score (nSPS) is 20.5. The molecule has 2 fully saturated rings. The Morgan fingerprint density at radius 2 is 1.80 bits per heavy atom. The fourth-order valence-electron chi connectivity index (χ4n) is 6.42. The Balaban J connectivity index is 1.54. The molecular formula is C30H42F3N3O4. The van der Waals surface area contributed by atoms with E-state index in [9.17, 15) is 22.8 Å². The number of rotatable bonds is 13. The van der Waals surface area contributed by atoms with Crippen LogP contribution in [0.25, 0.3) is 0 Å². The highest BCUT2D eigenvalue weighted by Gasteiger charge is 2.39. The molecule has 1 saturated carbocycles. The second-order valence-electron chi connectivity index (χ2n) is 11.3. The fourth-order valence-corrected chi connectivity index (χ4v) is 6.42. The van der Waals surface area contributed by atoms with Crippen LogP contribution in [-0.2, 0) is 15.7 Å². The number of methoxy groups -OCH3 is 1. The molecule has 3 atom stereocenters. The summed E-state index contributed by atoms with van der Waals surface area (Å²) < 4.78 is 53.1. The first kappa shape index (κ1) is 30.5. The second-order valence-corrected chi connectivity index (χ2v) is 11.3. The van der Waals surface area contributed by atoms with Crippen molar-refractivity contribution in [3.05, 3.63) is 55.8 Å². The van der Waals surface area contributed by atoms with Crippen molar-refractivity contribution in [2.24, 2.45) is 17.6 Å². The van der Waals surface area contributed by atoms with Crippen molar-refractivity contribution >= 4 is 11.4 Å². The van der Waals surface area contributed by atoms with Crippen LogP contribution in [-0.4, -0.2) is 46.0 Å². The number of nitrogens with one attached hydrogen (secondary N) is 1. The molecule has 0 amide bonds. The van der Waals surface area contributed by atoms with E-state index in [1.807, 2.05) is 4.90 Å². The molecule has 3 N–H and O–H groups in total. The maximum Gasteiger partial charge on any atom is 0.416 e. The van der Waals surface area contributed by atoms with E-state index in [1.165, 1.54) is 31.4 Å². The highest BCUT2D eigenvalue weighted by molar-refractivity contribution is 5.75. The van der Waals surface area contributed by atoms with Gasteiger partial charge >= 0.3 is 6.18 Å². The molecule has 0 aromatic heterocycles. The summed E-state index contributed by atoms with van der Waals surface area (Å²) in [5.41, 5.74) is 4.96. The summed E-state index contributed by atoms with van der Waals surface area (Å²) in [5.74, 6) is 0.249. The molecule has 7 nitrogen and oxygen atoms in total. The van der Waals surface area contributed by atoms with Gasteiger partial charge in [-0.25, -0.2) is 0 Å². The van der Waals surface area contributed by atoms with Gasteiger partial charge in [0.1, 0.15) is 11.4 Å². The monoisotopic (exact) mass is 565 g/mol. The van der Waals surface area contributed by atoms with Gasteiger partial charge in [-0.15, -0.1) is 0 Å². The Labute approximate surface area is 233 Å². The number of nitrogens with two attached hydrogens (primary N) is 1. The van der Waals surface area contributed by atoms with Crippen LogP contribution in [0.5, 0.6) is 0 Å². The van der Waals surface area contributed by atoms with Crippen molar-refractivity contribution in [1.82, 2.24) is 0 Å². The molecule has 3 unspecified atom stereocenters. The minimum Gasteiger partial charge on any atom is -0.385 e. The Bertz CT molecular complexity index is 1160. The van der Waals surface area contributed by atoms with Crippen LogP contribution in [0.2, 0.25) is 0 Å². The standard InChI is InChI=1S/C30H42F3N3O4/c1-39-15-8-16-40-29(23-12-5-6-13-24(23)30(31,32)33)21-11-7-14-36(19-21)26-25(27(37)28(26)38)35-22(18-34)17-20-9-3-2-4-10-20/h5-6,12-13,20-22,29,35H,2-4,7-11,14-19,34H2,1H3. The molecule has 0 radical (unpaired) electrons. The number of nitrogens with zero attached hydrogens (tertiary/aromatic N) is 1. The Hall–Kier alpha value is -2.43. The first-order chi connectivity index (χ1) is 19.2. The van der Waals surface area contributed by atoms with Gasteiger partial charge in [0.25, 0.3) is 10.9 Å². The van der Waals surface area contributed by atoms with Gasteiger partial charge in [0.15, 0.2) is 0 Å². The smallest absolute Gasteiger partial charge is 0.385 e. The largest absolute Gasteiger partial charge is 0.416 e. The lowest BCUT2D eigenvalue weighted by molar-refractivity contribution is -0.140. The van der Waals surface area contributed by atoms with Crippen molar-refractivity contribution in [3.8, 4) is 0 Å². The van der Waals surface area contributed by atoms with E-state index in [4.69, 9.17) is 15.2 Å². The third-order valence-electron chi connectivity index (χ3n) is 8.43. The SMILES string of the molecule is COCCCOC(c1ccccc1C(F)(F)F)C1CCCN(c2c(NC(CN)CC3CCCCC3)c(=O)c2=O)C1. The van der Waals surface area contributed by atoms with E-state index in [2.05, 4.69) is 5.32 Å². The van der Waals surface area contributed by atoms with Crippen molar-refractivity contribution in [2.45, 2.75) is 76.1 Å². The summed E-state index contributed by atoms with van der Waals surface area (Å²) in [7, 11) is 1.57. The number of halogens is 3. The van der Waals surface area contributed by atoms with E-state index in [-0.39, 0.29) is 24.1 Å². The number of hydrogen-bond donors (Lipinski definition) is 2. The van der Waals surface area contributed by atoms with Crippen molar-refractivity contribution in [3.63, 3.8) is 0 Å². The molecule has 222 valence electrons. The van der Waals surface area contributed by atoms with Crippen LogP contribution < -0.4 is 26.8 Å². The molecule has 1 aliphatic heterocycles. The summed E-state index contributed by atoms with van der Waals surface area (Å²) in [5, 5.41) is 3.28. The summed E-state index contributed by atoms with van der Waals surface area (Å²) in [6.45, 7) is 1.89. The van der Waals surface area contributed by atoms with Gasteiger partial charge in [-0.1, -0.05) is 50.3 Å². The molecule has 40 heavy (non-hydrogen) atoms. The molecule has 2 aromatic rings. The number of ether oxygens (including phenoxy) is 2. The topological polar surface area (TPSA) is 93.9 Å². The molecule has 0 bridgehead atoms. The first-order valence-electron chi connectivity index (χ1n) is 14.6. The van der Waals surface area contributed by atoms with Crippen molar-refractivity contribution < 1.29 is 22.6 Å². The lowest BCUT2D eigenvalue weighted by Gasteiger charge is -2.40. The minimum absolute atomic E-state index is 0.0956. The highest BCUT2D eigenvalue weighted by Crippen LogP contribution is 2.41. The van der Waals surface area contributed by atoms with Gasteiger partial charge in [-0.05, 0) is 43.2 Å². The Kier molecular flexibility index (Phi) is 10.7. The van der Waals surface area contributed by atoms with Crippen LogP contribution in [0.4, 0.5) is 24.5 Å². The first-order valence-corrected chi connectivity index (χ1v) is 14.6. The molecular weight excluding hydrogens is 523 g/mol. The predicted octanol–water partition coefficient (Wildman–Crippen LogP) is 5.02. The average molecular weight is 566 g/mol. The number of alkyl halides is 3. The van der Waals surface area contributed by atoms with Gasteiger partial charge < -0.3 is 25.4 Å². The minimum atomic E-state index is -4.52. The van der Waals surface area contributed by atoms with Gasteiger partial charge in [0.2, 0.25) is 0 Å². The van der Waals surface area contributed by atoms with E-state index >= 15 is 0 Å².